The number of sulfone groups is 1. The maximum absolute atomic E-state index is 12.5. The third-order valence-electron chi connectivity index (χ3n) is 4.29. The molecule has 0 unspecified atom stereocenters. The van der Waals surface area contributed by atoms with Crippen molar-refractivity contribution in [3.05, 3.63) is 40.9 Å². The summed E-state index contributed by atoms with van der Waals surface area (Å²) >= 11 is 1.31. The van der Waals surface area contributed by atoms with Crippen molar-refractivity contribution < 1.29 is 22.0 Å². The first-order chi connectivity index (χ1) is 12.9. The largest absolute Gasteiger partial charge is 0.341 e. The molecule has 1 aliphatic rings. The van der Waals surface area contributed by atoms with Crippen LogP contribution >= 0.6 is 11.3 Å². The molecular weight excluding hydrogens is 396 g/mol. The van der Waals surface area contributed by atoms with Gasteiger partial charge in [-0.15, -0.1) is 11.3 Å². The number of piperidine rings is 1. The highest BCUT2D eigenvalue weighted by Gasteiger charge is 2.26. The highest BCUT2D eigenvalue weighted by atomic mass is 32.2. The first-order valence-electron chi connectivity index (χ1n) is 8.46. The second-order valence-electron chi connectivity index (χ2n) is 6.26. The molecule has 0 spiro atoms. The normalized spacial score (nSPS) is 15.8. The quantitative estimate of drug-likeness (QED) is 0.783. The Morgan fingerprint density at radius 2 is 1.85 bits per heavy atom. The molecule has 6 nitrogen and oxygen atoms in total. The molecule has 1 aliphatic heterocycles. The third kappa shape index (κ3) is 4.88. The Hall–Kier alpha value is -1.91. The molecule has 0 aliphatic carbocycles. The molecule has 0 bridgehead atoms. The molecule has 1 saturated heterocycles. The number of rotatable bonds is 6. The van der Waals surface area contributed by atoms with Gasteiger partial charge in [-0.05, 0) is 50.2 Å². The van der Waals surface area contributed by atoms with Gasteiger partial charge in [-0.2, -0.15) is 8.78 Å². The SMILES string of the molecule is O=C(Nc1nc(CN2CCCCC2)cs1)c1ccc(S(=O)(=O)C(F)F)cc1. The first-order valence-corrected chi connectivity index (χ1v) is 10.9. The molecule has 3 rings (SSSR count). The van der Waals surface area contributed by atoms with Crippen molar-refractivity contribution in [1.29, 1.82) is 0 Å². The van der Waals surface area contributed by atoms with Crippen LogP contribution in [-0.2, 0) is 16.4 Å². The van der Waals surface area contributed by atoms with E-state index in [4.69, 9.17) is 0 Å². The molecule has 1 fully saturated rings. The van der Waals surface area contributed by atoms with Gasteiger partial charge in [0.2, 0.25) is 9.84 Å². The Kier molecular flexibility index (Phi) is 6.18. The summed E-state index contributed by atoms with van der Waals surface area (Å²) in [5.41, 5.74) is 1.05. The molecular formula is C17H19F2N3O3S2. The van der Waals surface area contributed by atoms with Gasteiger partial charge in [-0.1, -0.05) is 6.42 Å². The minimum absolute atomic E-state index is 0.163. The fourth-order valence-electron chi connectivity index (χ4n) is 2.85. The minimum atomic E-state index is -4.67. The van der Waals surface area contributed by atoms with Crippen molar-refractivity contribution in [1.82, 2.24) is 9.88 Å². The van der Waals surface area contributed by atoms with E-state index in [0.29, 0.717) is 5.13 Å². The molecule has 0 atom stereocenters. The van der Waals surface area contributed by atoms with Crippen molar-refractivity contribution in [3.8, 4) is 0 Å². The van der Waals surface area contributed by atoms with Crippen LogP contribution in [0.5, 0.6) is 0 Å². The number of carbonyl (C=O) groups is 1. The fourth-order valence-corrected chi connectivity index (χ4v) is 4.27. The van der Waals surface area contributed by atoms with Crippen LogP contribution in [-0.4, -0.2) is 43.1 Å². The topological polar surface area (TPSA) is 79.4 Å². The summed E-state index contributed by atoms with van der Waals surface area (Å²) in [5, 5.41) is 4.98. The maximum atomic E-state index is 12.5. The second-order valence-corrected chi connectivity index (χ2v) is 9.04. The average molecular weight is 415 g/mol. The maximum Gasteiger partial charge on any atom is 0.341 e. The number of anilines is 1. The van der Waals surface area contributed by atoms with Crippen molar-refractivity contribution in [3.63, 3.8) is 0 Å². The van der Waals surface area contributed by atoms with E-state index in [0.717, 1.165) is 37.5 Å². The van der Waals surface area contributed by atoms with Gasteiger partial charge < -0.3 is 0 Å². The summed E-state index contributed by atoms with van der Waals surface area (Å²) in [7, 11) is -4.67. The van der Waals surface area contributed by atoms with Crippen LogP contribution in [0.15, 0.2) is 34.5 Å². The van der Waals surface area contributed by atoms with Gasteiger partial charge in [0.05, 0.1) is 10.6 Å². The number of likely N-dealkylation sites (tertiary alicyclic amines) is 1. The van der Waals surface area contributed by atoms with Gasteiger partial charge in [0.25, 0.3) is 5.91 Å². The van der Waals surface area contributed by atoms with Crippen LogP contribution in [0.1, 0.15) is 35.3 Å². The lowest BCUT2D eigenvalue weighted by molar-refractivity contribution is 0.102. The fraction of sp³-hybridized carbons (Fsp3) is 0.412. The Morgan fingerprint density at radius 3 is 2.48 bits per heavy atom. The van der Waals surface area contributed by atoms with E-state index in [9.17, 15) is 22.0 Å². The molecule has 1 N–H and O–H groups in total. The molecule has 1 amide bonds. The van der Waals surface area contributed by atoms with E-state index in [1.165, 1.54) is 42.7 Å². The highest BCUT2D eigenvalue weighted by molar-refractivity contribution is 7.91. The number of thiazole rings is 1. The Bertz CT molecular complexity index is 892. The first kappa shape index (κ1) is 19.8. The van der Waals surface area contributed by atoms with Crippen molar-refractivity contribution in [2.24, 2.45) is 0 Å². The van der Waals surface area contributed by atoms with Gasteiger partial charge in [0.1, 0.15) is 0 Å². The summed E-state index contributed by atoms with van der Waals surface area (Å²) in [4.78, 5) is 18.5. The van der Waals surface area contributed by atoms with Crippen LogP contribution in [0.25, 0.3) is 0 Å². The van der Waals surface area contributed by atoms with Gasteiger partial charge in [0.15, 0.2) is 5.13 Å². The van der Waals surface area contributed by atoms with Crippen LogP contribution in [0.3, 0.4) is 0 Å². The molecule has 146 valence electrons. The smallest absolute Gasteiger partial charge is 0.298 e. The predicted molar refractivity (Wildman–Crippen MR) is 98.8 cm³/mol. The standard InChI is InChI=1S/C17H19F2N3O3S2/c18-16(19)27(24,25)14-6-4-12(5-7-14)15(23)21-17-20-13(11-26-17)10-22-8-2-1-3-9-22/h4-7,11,16H,1-3,8-10H2,(H,20,21,23). The van der Waals surface area contributed by atoms with E-state index >= 15 is 0 Å². The molecule has 10 heteroatoms. The molecule has 2 aromatic rings. The van der Waals surface area contributed by atoms with Crippen LogP contribution in [0.2, 0.25) is 0 Å². The Morgan fingerprint density at radius 1 is 1.19 bits per heavy atom. The van der Waals surface area contributed by atoms with Crippen molar-refractivity contribution >= 4 is 32.2 Å². The van der Waals surface area contributed by atoms with E-state index in [-0.39, 0.29) is 5.56 Å². The number of amides is 1. The van der Waals surface area contributed by atoms with E-state index < -0.39 is 26.4 Å². The summed E-state index contributed by atoms with van der Waals surface area (Å²) in [6.07, 6.45) is 3.63. The number of hydrogen-bond donors (Lipinski definition) is 1. The Labute approximate surface area is 160 Å². The number of carbonyl (C=O) groups excluding carboxylic acids is 1. The number of alkyl halides is 2. The number of halogens is 2. The summed E-state index contributed by atoms with van der Waals surface area (Å²) in [6, 6.07) is 4.40. The average Bonchev–Trinajstić information content (AvgIpc) is 3.09. The second kappa shape index (κ2) is 8.41. The summed E-state index contributed by atoms with van der Waals surface area (Å²) in [6.45, 7) is 2.84. The lowest BCUT2D eigenvalue weighted by Crippen LogP contribution is -2.29. The zero-order valence-electron chi connectivity index (χ0n) is 14.4. The predicted octanol–water partition coefficient (Wildman–Crippen LogP) is 3.38. The lowest BCUT2D eigenvalue weighted by atomic mass is 10.1. The molecule has 1 aromatic carbocycles. The van der Waals surface area contributed by atoms with E-state index in [1.54, 1.807) is 0 Å². The van der Waals surface area contributed by atoms with Crippen LogP contribution in [0, 0.1) is 0 Å². The van der Waals surface area contributed by atoms with Gasteiger partial charge >= 0.3 is 5.76 Å². The van der Waals surface area contributed by atoms with Crippen molar-refractivity contribution in [2.75, 3.05) is 18.4 Å². The minimum Gasteiger partial charge on any atom is -0.298 e. The van der Waals surface area contributed by atoms with Gasteiger partial charge in [-0.25, -0.2) is 13.4 Å². The lowest BCUT2D eigenvalue weighted by Gasteiger charge is -2.25. The summed E-state index contributed by atoms with van der Waals surface area (Å²) in [5.74, 6) is -3.97. The van der Waals surface area contributed by atoms with Crippen LogP contribution < -0.4 is 5.32 Å². The van der Waals surface area contributed by atoms with Gasteiger partial charge in [-0.3, -0.25) is 15.0 Å². The number of nitrogens with zero attached hydrogens (tertiary/aromatic N) is 2. The highest BCUT2D eigenvalue weighted by Crippen LogP contribution is 2.21. The Balaban J connectivity index is 1.62. The number of aromatic nitrogens is 1. The van der Waals surface area contributed by atoms with Crippen molar-refractivity contribution in [2.45, 2.75) is 36.5 Å². The third-order valence-corrected chi connectivity index (χ3v) is 6.49. The molecule has 1 aromatic heterocycles. The molecule has 27 heavy (non-hydrogen) atoms. The van der Waals surface area contributed by atoms with Gasteiger partial charge in [0, 0.05) is 17.5 Å². The molecule has 0 radical (unpaired) electrons. The number of hydrogen-bond acceptors (Lipinski definition) is 6. The molecule has 0 saturated carbocycles. The summed E-state index contributed by atoms with van der Waals surface area (Å²) < 4.78 is 47.9. The zero-order chi connectivity index (χ0) is 19.4. The zero-order valence-corrected chi connectivity index (χ0v) is 16.0. The number of benzene rings is 1. The van der Waals surface area contributed by atoms with E-state index in [1.807, 2.05) is 5.38 Å². The van der Waals surface area contributed by atoms with E-state index in [2.05, 4.69) is 15.2 Å². The molecule has 2 heterocycles. The monoisotopic (exact) mass is 415 g/mol. The van der Waals surface area contributed by atoms with Crippen LogP contribution in [0.4, 0.5) is 13.9 Å². The number of nitrogens with one attached hydrogen (secondary N) is 1.